The average Bonchev–Trinajstić information content (AvgIpc) is 2.71. The van der Waals surface area contributed by atoms with Crippen LogP contribution in [-0.2, 0) is 6.54 Å². The van der Waals surface area contributed by atoms with Gasteiger partial charge < -0.3 is 24.3 Å². The van der Waals surface area contributed by atoms with E-state index in [1.807, 2.05) is 18.2 Å². The summed E-state index contributed by atoms with van der Waals surface area (Å²) in [6, 6.07) is 10.7. The molecule has 2 aromatic carbocycles. The van der Waals surface area contributed by atoms with Crippen molar-refractivity contribution in [1.29, 1.82) is 0 Å². The molecule has 1 amide bonds. The minimum Gasteiger partial charge on any atom is -0.497 e. The van der Waals surface area contributed by atoms with E-state index in [9.17, 15) is 4.79 Å². The van der Waals surface area contributed by atoms with Crippen LogP contribution >= 0.6 is 0 Å². The van der Waals surface area contributed by atoms with Gasteiger partial charge in [0.25, 0.3) is 5.91 Å². The van der Waals surface area contributed by atoms with Crippen molar-refractivity contribution in [3.05, 3.63) is 47.5 Å². The maximum atomic E-state index is 12.5. The molecule has 1 N–H and O–H groups in total. The SMILES string of the molecule is COc1ccc(C(=O)NCc2ccc(OCCC(C)C)c(OC)c2)c(OC)c1. The van der Waals surface area contributed by atoms with E-state index in [-0.39, 0.29) is 5.91 Å². The highest BCUT2D eigenvalue weighted by atomic mass is 16.5. The molecule has 0 unspecified atom stereocenters. The zero-order valence-electron chi connectivity index (χ0n) is 17.2. The largest absolute Gasteiger partial charge is 0.497 e. The maximum Gasteiger partial charge on any atom is 0.255 e. The van der Waals surface area contributed by atoms with Crippen LogP contribution in [0, 0.1) is 5.92 Å². The number of amides is 1. The molecular weight excluding hydrogens is 358 g/mol. The number of benzene rings is 2. The summed E-state index contributed by atoms with van der Waals surface area (Å²) < 4.78 is 21.7. The van der Waals surface area contributed by atoms with E-state index in [2.05, 4.69) is 19.2 Å². The van der Waals surface area contributed by atoms with Crippen LogP contribution in [0.1, 0.15) is 36.2 Å². The number of ether oxygens (including phenoxy) is 4. The minimum absolute atomic E-state index is 0.226. The van der Waals surface area contributed by atoms with Crippen LogP contribution in [0.5, 0.6) is 23.0 Å². The summed E-state index contributed by atoms with van der Waals surface area (Å²) in [7, 11) is 4.70. The molecule has 0 aliphatic rings. The minimum atomic E-state index is -0.226. The lowest BCUT2D eigenvalue weighted by Crippen LogP contribution is -2.23. The molecule has 0 fully saturated rings. The molecule has 0 radical (unpaired) electrons. The van der Waals surface area contributed by atoms with Crippen LogP contribution in [0.3, 0.4) is 0 Å². The Morgan fingerprint density at radius 2 is 1.68 bits per heavy atom. The molecule has 0 saturated heterocycles. The maximum absolute atomic E-state index is 12.5. The molecular formula is C22H29NO5. The number of carbonyl (C=O) groups excluding carboxylic acids is 1. The molecule has 0 heterocycles. The lowest BCUT2D eigenvalue weighted by molar-refractivity contribution is 0.0948. The number of carbonyl (C=O) groups is 1. The van der Waals surface area contributed by atoms with Crippen LogP contribution in [0.2, 0.25) is 0 Å². The van der Waals surface area contributed by atoms with Crippen molar-refractivity contribution in [3.8, 4) is 23.0 Å². The van der Waals surface area contributed by atoms with E-state index in [4.69, 9.17) is 18.9 Å². The van der Waals surface area contributed by atoms with Gasteiger partial charge in [-0.25, -0.2) is 0 Å². The van der Waals surface area contributed by atoms with Gasteiger partial charge in [-0.3, -0.25) is 4.79 Å². The highest BCUT2D eigenvalue weighted by molar-refractivity contribution is 5.97. The zero-order chi connectivity index (χ0) is 20.5. The van der Waals surface area contributed by atoms with E-state index in [0.29, 0.717) is 47.6 Å². The van der Waals surface area contributed by atoms with Gasteiger partial charge in [0, 0.05) is 12.6 Å². The Morgan fingerprint density at radius 3 is 2.32 bits per heavy atom. The monoisotopic (exact) mass is 387 g/mol. The molecule has 0 bridgehead atoms. The van der Waals surface area contributed by atoms with Crippen LogP contribution in [-0.4, -0.2) is 33.8 Å². The molecule has 0 aliphatic heterocycles. The predicted molar refractivity (Wildman–Crippen MR) is 109 cm³/mol. The van der Waals surface area contributed by atoms with Crippen LogP contribution in [0.15, 0.2) is 36.4 Å². The highest BCUT2D eigenvalue weighted by Gasteiger charge is 2.14. The van der Waals surface area contributed by atoms with Gasteiger partial charge in [-0.1, -0.05) is 19.9 Å². The van der Waals surface area contributed by atoms with Gasteiger partial charge in [0.15, 0.2) is 11.5 Å². The lowest BCUT2D eigenvalue weighted by Gasteiger charge is -2.14. The lowest BCUT2D eigenvalue weighted by atomic mass is 10.1. The van der Waals surface area contributed by atoms with Crippen molar-refractivity contribution < 1.29 is 23.7 Å². The predicted octanol–water partition coefficient (Wildman–Crippen LogP) is 4.07. The van der Waals surface area contributed by atoms with Crippen molar-refractivity contribution in [2.45, 2.75) is 26.8 Å². The second kappa shape index (κ2) is 10.4. The average molecular weight is 387 g/mol. The molecule has 0 spiro atoms. The van der Waals surface area contributed by atoms with Crippen LogP contribution < -0.4 is 24.3 Å². The van der Waals surface area contributed by atoms with E-state index in [1.165, 1.54) is 7.11 Å². The molecule has 0 aromatic heterocycles. The number of rotatable bonds is 10. The summed E-state index contributed by atoms with van der Waals surface area (Å²) in [5, 5.41) is 2.90. The first kappa shape index (κ1) is 21.4. The van der Waals surface area contributed by atoms with Gasteiger partial charge in [-0.05, 0) is 42.2 Å². The third kappa shape index (κ3) is 5.81. The van der Waals surface area contributed by atoms with Gasteiger partial charge in [-0.15, -0.1) is 0 Å². The molecule has 0 aliphatic carbocycles. The zero-order valence-corrected chi connectivity index (χ0v) is 17.2. The quantitative estimate of drug-likeness (QED) is 0.666. The van der Waals surface area contributed by atoms with E-state index in [0.717, 1.165) is 12.0 Å². The Bertz CT molecular complexity index is 788. The third-order valence-corrected chi connectivity index (χ3v) is 4.29. The number of hydrogen-bond acceptors (Lipinski definition) is 5. The van der Waals surface area contributed by atoms with Gasteiger partial charge in [-0.2, -0.15) is 0 Å². The summed E-state index contributed by atoms with van der Waals surface area (Å²) in [4.78, 5) is 12.5. The third-order valence-electron chi connectivity index (χ3n) is 4.29. The summed E-state index contributed by atoms with van der Waals surface area (Å²) in [6.45, 7) is 5.31. The highest BCUT2D eigenvalue weighted by Crippen LogP contribution is 2.29. The second-order valence-corrected chi connectivity index (χ2v) is 6.77. The van der Waals surface area contributed by atoms with E-state index in [1.54, 1.807) is 32.4 Å². The molecule has 28 heavy (non-hydrogen) atoms. The van der Waals surface area contributed by atoms with Crippen molar-refractivity contribution >= 4 is 5.91 Å². The van der Waals surface area contributed by atoms with Crippen LogP contribution in [0.25, 0.3) is 0 Å². The first-order valence-corrected chi connectivity index (χ1v) is 9.28. The number of methoxy groups -OCH3 is 3. The first-order chi connectivity index (χ1) is 13.5. The number of hydrogen-bond donors (Lipinski definition) is 1. The molecule has 0 saturated carbocycles. The Labute approximate surface area is 166 Å². The van der Waals surface area contributed by atoms with Crippen molar-refractivity contribution in [2.75, 3.05) is 27.9 Å². The standard InChI is InChI=1S/C22H29NO5/c1-15(2)10-11-28-19-9-6-16(12-21(19)27-5)14-23-22(24)18-8-7-17(25-3)13-20(18)26-4/h6-9,12-13,15H,10-11,14H2,1-5H3,(H,23,24). The van der Waals surface area contributed by atoms with E-state index < -0.39 is 0 Å². The van der Waals surface area contributed by atoms with Crippen molar-refractivity contribution in [1.82, 2.24) is 5.32 Å². The fraction of sp³-hybridized carbons (Fsp3) is 0.409. The second-order valence-electron chi connectivity index (χ2n) is 6.77. The Hall–Kier alpha value is -2.89. The molecule has 152 valence electrons. The Morgan fingerprint density at radius 1 is 0.929 bits per heavy atom. The topological polar surface area (TPSA) is 66.0 Å². The summed E-state index contributed by atoms with van der Waals surface area (Å²) >= 11 is 0. The van der Waals surface area contributed by atoms with Crippen molar-refractivity contribution in [3.63, 3.8) is 0 Å². The fourth-order valence-corrected chi connectivity index (χ4v) is 2.61. The summed E-state index contributed by atoms with van der Waals surface area (Å²) in [5.41, 5.74) is 1.36. The normalized spacial score (nSPS) is 10.5. The molecule has 2 rings (SSSR count). The molecule has 2 aromatic rings. The smallest absolute Gasteiger partial charge is 0.255 e. The van der Waals surface area contributed by atoms with Gasteiger partial charge >= 0.3 is 0 Å². The van der Waals surface area contributed by atoms with Gasteiger partial charge in [0.05, 0.1) is 33.5 Å². The van der Waals surface area contributed by atoms with E-state index >= 15 is 0 Å². The summed E-state index contributed by atoms with van der Waals surface area (Å²) in [6.07, 6.45) is 0.977. The summed E-state index contributed by atoms with van der Waals surface area (Å²) in [5.74, 6) is 2.80. The number of nitrogens with one attached hydrogen (secondary N) is 1. The molecule has 6 heteroatoms. The fourth-order valence-electron chi connectivity index (χ4n) is 2.61. The Balaban J connectivity index is 2.03. The van der Waals surface area contributed by atoms with Crippen molar-refractivity contribution in [2.24, 2.45) is 5.92 Å². The van der Waals surface area contributed by atoms with Crippen LogP contribution in [0.4, 0.5) is 0 Å². The van der Waals surface area contributed by atoms with Gasteiger partial charge in [0.1, 0.15) is 11.5 Å². The van der Waals surface area contributed by atoms with Gasteiger partial charge in [0.2, 0.25) is 0 Å². The molecule has 6 nitrogen and oxygen atoms in total. The molecule has 0 atom stereocenters. The first-order valence-electron chi connectivity index (χ1n) is 9.28. The Kier molecular flexibility index (Phi) is 7.99.